The molecule has 0 saturated carbocycles. The maximum Gasteiger partial charge on any atom is 0.503 e. The molecule has 1 aliphatic rings. The second kappa shape index (κ2) is 5.94. The third kappa shape index (κ3) is 9.19. The van der Waals surface area contributed by atoms with Gasteiger partial charge in [-0.15, -0.1) is 0 Å². The van der Waals surface area contributed by atoms with E-state index in [0.29, 0.717) is 6.04 Å². The lowest BCUT2D eigenvalue weighted by molar-refractivity contribution is 0.137. The molecule has 1 atom stereocenters. The average Bonchev–Trinajstić information content (AvgIpc) is 1.87. The minimum Gasteiger partial charge on any atom is -0.450 e. The standard InChI is InChI=1S/C5H12N2.CH2O3/c1-5-4-6-2-3-7-5;2-1(3)4/h5-7H,2-4H2,1H3;(H2,2,3,4). The highest BCUT2D eigenvalue weighted by atomic mass is 16.6. The molecule has 4 N–H and O–H groups in total. The van der Waals surface area contributed by atoms with Gasteiger partial charge in [0.15, 0.2) is 0 Å². The van der Waals surface area contributed by atoms with E-state index in [2.05, 4.69) is 17.6 Å². The van der Waals surface area contributed by atoms with Crippen LogP contribution in [0.1, 0.15) is 6.92 Å². The van der Waals surface area contributed by atoms with Crippen molar-refractivity contribution >= 4 is 6.16 Å². The molecule has 0 aromatic rings. The van der Waals surface area contributed by atoms with Gasteiger partial charge in [0.1, 0.15) is 0 Å². The molecule has 0 amide bonds. The summed E-state index contributed by atoms with van der Waals surface area (Å²) in [6, 6.07) is 0.675. The van der Waals surface area contributed by atoms with E-state index in [1.165, 1.54) is 0 Å². The molecule has 0 aromatic heterocycles. The maximum atomic E-state index is 8.56. The van der Waals surface area contributed by atoms with Crippen LogP contribution in [0.4, 0.5) is 4.79 Å². The first kappa shape index (κ1) is 10.2. The fraction of sp³-hybridized carbons (Fsp3) is 0.833. The van der Waals surface area contributed by atoms with E-state index in [1.54, 1.807) is 0 Å². The predicted molar refractivity (Wildman–Crippen MR) is 41.0 cm³/mol. The Morgan fingerprint density at radius 2 is 2.00 bits per heavy atom. The van der Waals surface area contributed by atoms with E-state index in [9.17, 15) is 0 Å². The van der Waals surface area contributed by atoms with E-state index >= 15 is 0 Å². The summed E-state index contributed by atoms with van der Waals surface area (Å²) in [7, 11) is 0. The smallest absolute Gasteiger partial charge is 0.450 e. The summed E-state index contributed by atoms with van der Waals surface area (Å²) in [5.41, 5.74) is 0. The van der Waals surface area contributed by atoms with Crippen LogP contribution >= 0.6 is 0 Å². The highest BCUT2D eigenvalue weighted by molar-refractivity contribution is 5.53. The number of carboxylic acid groups (broad SMARTS) is 2. The molecule has 1 rings (SSSR count). The van der Waals surface area contributed by atoms with Crippen LogP contribution in [-0.4, -0.2) is 42.0 Å². The SMILES string of the molecule is CC1CNCCN1.O=C(O)O. The van der Waals surface area contributed by atoms with E-state index in [4.69, 9.17) is 15.0 Å². The fourth-order valence-corrected chi connectivity index (χ4v) is 0.798. The molecule has 5 heteroatoms. The van der Waals surface area contributed by atoms with E-state index < -0.39 is 6.16 Å². The normalized spacial score (nSPS) is 23.2. The zero-order valence-electron chi connectivity index (χ0n) is 6.50. The zero-order valence-corrected chi connectivity index (χ0v) is 6.50. The molecule has 11 heavy (non-hydrogen) atoms. The molecule has 1 aliphatic heterocycles. The maximum absolute atomic E-state index is 8.56. The third-order valence-electron chi connectivity index (χ3n) is 1.25. The molecule has 5 nitrogen and oxygen atoms in total. The molecule has 1 heterocycles. The van der Waals surface area contributed by atoms with Gasteiger partial charge in [-0.05, 0) is 6.92 Å². The largest absolute Gasteiger partial charge is 0.503 e. The Labute approximate surface area is 65.4 Å². The van der Waals surface area contributed by atoms with E-state index in [-0.39, 0.29) is 0 Å². The first-order chi connectivity index (χ1) is 5.13. The number of piperazine rings is 1. The first-order valence-corrected chi connectivity index (χ1v) is 3.49. The lowest BCUT2D eigenvalue weighted by atomic mass is 10.3. The summed E-state index contributed by atoms with van der Waals surface area (Å²) in [5.74, 6) is 0. The third-order valence-corrected chi connectivity index (χ3v) is 1.25. The van der Waals surface area contributed by atoms with Gasteiger partial charge >= 0.3 is 6.16 Å². The Balaban J connectivity index is 0.000000218. The van der Waals surface area contributed by atoms with Gasteiger partial charge in [0.25, 0.3) is 0 Å². The zero-order chi connectivity index (χ0) is 8.69. The number of nitrogens with one attached hydrogen (secondary N) is 2. The van der Waals surface area contributed by atoms with Gasteiger partial charge in [0.05, 0.1) is 0 Å². The topological polar surface area (TPSA) is 81.6 Å². The Bertz CT molecular complexity index is 108. The van der Waals surface area contributed by atoms with Crippen molar-refractivity contribution in [3.05, 3.63) is 0 Å². The number of hydrogen-bond acceptors (Lipinski definition) is 3. The molecule has 0 aliphatic carbocycles. The average molecular weight is 162 g/mol. The van der Waals surface area contributed by atoms with Crippen molar-refractivity contribution in [2.24, 2.45) is 0 Å². The molecule has 0 bridgehead atoms. The van der Waals surface area contributed by atoms with Crippen LogP contribution in [0.15, 0.2) is 0 Å². The van der Waals surface area contributed by atoms with Crippen LogP contribution < -0.4 is 10.6 Å². The molecule has 66 valence electrons. The van der Waals surface area contributed by atoms with Gasteiger partial charge in [-0.1, -0.05) is 0 Å². The van der Waals surface area contributed by atoms with Crippen molar-refractivity contribution in [1.29, 1.82) is 0 Å². The lowest BCUT2D eigenvalue weighted by Gasteiger charge is -2.19. The number of hydrogen-bond donors (Lipinski definition) is 4. The summed E-state index contributed by atoms with van der Waals surface area (Å²) >= 11 is 0. The minimum absolute atomic E-state index is 0.675. The minimum atomic E-state index is -1.83. The molecule has 1 fully saturated rings. The quantitative estimate of drug-likeness (QED) is 0.396. The summed E-state index contributed by atoms with van der Waals surface area (Å²) in [5, 5.41) is 20.5. The predicted octanol–water partition coefficient (Wildman–Crippen LogP) is -0.210. The molecule has 1 saturated heterocycles. The summed E-state index contributed by atoms with van der Waals surface area (Å²) < 4.78 is 0. The molecule has 1 unspecified atom stereocenters. The molecule has 0 radical (unpaired) electrons. The van der Waals surface area contributed by atoms with Crippen molar-refractivity contribution in [2.45, 2.75) is 13.0 Å². The summed E-state index contributed by atoms with van der Waals surface area (Å²) in [4.78, 5) is 8.56. The fourth-order valence-electron chi connectivity index (χ4n) is 0.798. The Hall–Kier alpha value is -0.810. The van der Waals surface area contributed by atoms with Gasteiger partial charge < -0.3 is 20.8 Å². The van der Waals surface area contributed by atoms with Gasteiger partial charge in [-0.2, -0.15) is 0 Å². The van der Waals surface area contributed by atoms with Crippen LogP contribution in [-0.2, 0) is 0 Å². The molecular weight excluding hydrogens is 148 g/mol. The Morgan fingerprint density at radius 1 is 1.45 bits per heavy atom. The summed E-state index contributed by atoms with van der Waals surface area (Å²) in [6.45, 7) is 5.57. The number of rotatable bonds is 0. The molecule has 0 aromatic carbocycles. The molecule has 0 spiro atoms. The van der Waals surface area contributed by atoms with Crippen molar-refractivity contribution < 1.29 is 15.0 Å². The van der Waals surface area contributed by atoms with E-state index in [1.807, 2.05) is 0 Å². The first-order valence-electron chi connectivity index (χ1n) is 3.49. The number of carbonyl (C=O) groups is 1. The monoisotopic (exact) mass is 162 g/mol. The van der Waals surface area contributed by atoms with Gasteiger partial charge in [0.2, 0.25) is 0 Å². The second-order valence-corrected chi connectivity index (χ2v) is 2.34. The van der Waals surface area contributed by atoms with Crippen LogP contribution in [0.25, 0.3) is 0 Å². The van der Waals surface area contributed by atoms with Crippen molar-refractivity contribution in [3.8, 4) is 0 Å². The Kier molecular flexibility index (Phi) is 5.50. The Morgan fingerprint density at radius 3 is 2.18 bits per heavy atom. The lowest BCUT2D eigenvalue weighted by Crippen LogP contribution is -2.46. The van der Waals surface area contributed by atoms with Crippen molar-refractivity contribution in [2.75, 3.05) is 19.6 Å². The van der Waals surface area contributed by atoms with Gasteiger partial charge in [-0.3, -0.25) is 0 Å². The van der Waals surface area contributed by atoms with Crippen LogP contribution in [0, 0.1) is 0 Å². The van der Waals surface area contributed by atoms with Gasteiger partial charge in [0, 0.05) is 25.7 Å². The second-order valence-electron chi connectivity index (χ2n) is 2.34. The van der Waals surface area contributed by atoms with Crippen LogP contribution in [0.2, 0.25) is 0 Å². The highest BCUT2D eigenvalue weighted by Gasteiger charge is 2.03. The van der Waals surface area contributed by atoms with E-state index in [0.717, 1.165) is 19.6 Å². The van der Waals surface area contributed by atoms with Crippen LogP contribution in [0.3, 0.4) is 0 Å². The highest BCUT2D eigenvalue weighted by Crippen LogP contribution is 1.80. The summed E-state index contributed by atoms with van der Waals surface area (Å²) in [6.07, 6.45) is -1.83. The molecular formula is C6H14N2O3. The van der Waals surface area contributed by atoms with Crippen molar-refractivity contribution in [1.82, 2.24) is 10.6 Å². The van der Waals surface area contributed by atoms with Crippen LogP contribution in [0.5, 0.6) is 0 Å². The van der Waals surface area contributed by atoms with Crippen molar-refractivity contribution in [3.63, 3.8) is 0 Å². The van der Waals surface area contributed by atoms with Gasteiger partial charge in [-0.25, -0.2) is 4.79 Å².